The van der Waals surface area contributed by atoms with Gasteiger partial charge in [0.2, 0.25) is 0 Å². The molecule has 0 fully saturated rings. The number of benzene rings is 1. The Morgan fingerprint density at radius 3 is 2.58 bits per heavy atom. The zero-order valence-electron chi connectivity index (χ0n) is 11.2. The summed E-state index contributed by atoms with van der Waals surface area (Å²) < 4.78 is 14.2. The molecule has 0 bridgehead atoms. The van der Waals surface area contributed by atoms with Crippen LogP contribution in [0.4, 0.5) is 10.2 Å². The Kier molecular flexibility index (Phi) is 4.20. The van der Waals surface area contributed by atoms with Gasteiger partial charge in [-0.3, -0.25) is 0 Å². The van der Waals surface area contributed by atoms with E-state index in [0.29, 0.717) is 12.1 Å². The summed E-state index contributed by atoms with van der Waals surface area (Å²) in [7, 11) is 1.98. The van der Waals surface area contributed by atoms with E-state index in [2.05, 4.69) is 20.9 Å². The highest BCUT2D eigenvalue weighted by Gasteiger charge is 2.07. The molecule has 2 nitrogen and oxygen atoms in total. The van der Waals surface area contributed by atoms with Gasteiger partial charge in [0.25, 0.3) is 0 Å². The fourth-order valence-electron chi connectivity index (χ4n) is 1.90. The first kappa shape index (κ1) is 14.0. The average Bonchev–Trinajstić information content (AvgIpc) is 2.37. The maximum absolute atomic E-state index is 13.2. The van der Waals surface area contributed by atoms with Crippen LogP contribution in [0, 0.1) is 19.7 Å². The first-order valence-corrected chi connectivity index (χ1v) is 6.86. The van der Waals surface area contributed by atoms with E-state index in [0.717, 1.165) is 21.5 Å². The van der Waals surface area contributed by atoms with Crippen molar-refractivity contribution >= 4 is 21.7 Å². The second-order valence-corrected chi connectivity index (χ2v) is 5.53. The Balaban J connectivity index is 2.17. The fourth-order valence-corrected chi connectivity index (χ4v) is 2.12. The molecule has 1 heterocycles. The van der Waals surface area contributed by atoms with Crippen molar-refractivity contribution in [2.24, 2.45) is 0 Å². The van der Waals surface area contributed by atoms with Crippen molar-refractivity contribution in [1.82, 2.24) is 4.98 Å². The zero-order valence-corrected chi connectivity index (χ0v) is 12.8. The van der Waals surface area contributed by atoms with Gasteiger partial charge in [-0.1, -0.05) is 12.1 Å². The van der Waals surface area contributed by atoms with Crippen LogP contribution in [0.1, 0.15) is 16.8 Å². The Hall–Kier alpha value is -1.42. The first-order chi connectivity index (χ1) is 8.97. The molecule has 2 rings (SSSR count). The first-order valence-electron chi connectivity index (χ1n) is 6.06. The summed E-state index contributed by atoms with van der Waals surface area (Å²) >= 11 is 3.44. The third-order valence-electron chi connectivity index (χ3n) is 3.04. The van der Waals surface area contributed by atoms with Crippen molar-refractivity contribution < 1.29 is 4.39 Å². The molecule has 0 unspecified atom stereocenters. The topological polar surface area (TPSA) is 16.1 Å². The molecular formula is C15H16BrFN2. The van der Waals surface area contributed by atoms with Crippen LogP contribution < -0.4 is 4.90 Å². The van der Waals surface area contributed by atoms with E-state index >= 15 is 0 Å². The standard InChI is InChI=1S/C15H16BrFN2/c1-10-8-12(4-6-14(10)17)9-19(3)15-7-5-13(16)11(2)18-15/h4-8H,9H2,1-3H3. The predicted molar refractivity (Wildman–Crippen MR) is 79.9 cm³/mol. The molecule has 0 aliphatic carbocycles. The minimum absolute atomic E-state index is 0.163. The van der Waals surface area contributed by atoms with Gasteiger partial charge < -0.3 is 4.90 Å². The summed E-state index contributed by atoms with van der Waals surface area (Å²) in [5.74, 6) is 0.742. The number of pyridine rings is 1. The van der Waals surface area contributed by atoms with Gasteiger partial charge in [-0.2, -0.15) is 0 Å². The second-order valence-electron chi connectivity index (χ2n) is 4.68. The maximum atomic E-state index is 13.2. The molecule has 0 atom stereocenters. The number of aromatic nitrogens is 1. The van der Waals surface area contributed by atoms with Crippen LogP contribution in [0.3, 0.4) is 0 Å². The molecule has 1 aromatic carbocycles. The molecule has 0 saturated carbocycles. The molecule has 0 aliphatic rings. The van der Waals surface area contributed by atoms with Crippen LogP contribution in [0.25, 0.3) is 0 Å². The van der Waals surface area contributed by atoms with Crippen LogP contribution in [0.5, 0.6) is 0 Å². The summed E-state index contributed by atoms with van der Waals surface area (Å²) in [6, 6.07) is 9.15. The molecule has 0 spiro atoms. The van der Waals surface area contributed by atoms with E-state index in [4.69, 9.17) is 0 Å². The monoisotopic (exact) mass is 322 g/mol. The predicted octanol–water partition coefficient (Wildman–Crippen LogP) is 4.24. The maximum Gasteiger partial charge on any atom is 0.128 e. The molecule has 0 N–H and O–H groups in total. The van der Waals surface area contributed by atoms with Crippen LogP contribution in [-0.2, 0) is 6.54 Å². The van der Waals surface area contributed by atoms with Gasteiger partial charge in [-0.25, -0.2) is 9.37 Å². The number of hydrogen-bond donors (Lipinski definition) is 0. The third-order valence-corrected chi connectivity index (χ3v) is 3.88. The molecule has 19 heavy (non-hydrogen) atoms. The van der Waals surface area contributed by atoms with Crippen LogP contribution >= 0.6 is 15.9 Å². The van der Waals surface area contributed by atoms with Crippen molar-refractivity contribution in [3.63, 3.8) is 0 Å². The fraction of sp³-hybridized carbons (Fsp3) is 0.267. The van der Waals surface area contributed by atoms with Crippen LogP contribution in [0.2, 0.25) is 0 Å². The number of rotatable bonds is 3. The molecule has 100 valence electrons. The van der Waals surface area contributed by atoms with Crippen LogP contribution in [-0.4, -0.2) is 12.0 Å². The molecule has 0 amide bonds. The molecule has 1 aromatic heterocycles. The van der Waals surface area contributed by atoms with Gasteiger partial charge >= 0.3 is 0 Å². The lowest BCUT2D eigenvalue weighted by molar-refractivity contribution is 0.617. The second kappa shape index (κ2) is 5.70. The van der Waals surface area contributed by atoms with Gasteiger partial charge in [0.05, 0.1) is 5.69 Å². The molecular weight excluding hydrogens is 307 g/mol. The van der Waals surface area contributed by atoms with E-state index in [1.165, 1.54) is 6.07 Å². The van der Waals surface area contributed by atoms with Gasteiger partial charge in [-0.05, 0) is 59.1 Å². The summed E-state index contributed by atoms with van der Waals surface area (Å²) in [4.78, 5) is 6.56. The number of aryl methyl sites for hydroxylation is 2. The normalized spacial score (nSPS) is 10.6. The summed E-state index contributed by atoms with van der Waals surface area (Å²) in [5, 5.41) is 0. The lowest BCUT2D eigenvalue weighted by Crippen LogP contribution is -2.18. The van der Waals surface area contributed by atoms with Gasteiger partial charge in [0.1, 0.15) is 11.6 Å². The summed E-state index contributed by atoms with van der Waals surface area (Å²) in [6.07, 6.45) is 0. The summed E-state index contributed by atoms with van der Waals surface area (Å²) in [5.41, 5.74) is 2.70. The Morgan fingerprint density at radius 2 is 1.95 bits per heavy atom. The Bertz CT molecular complexity index is 599. The van der Waals surface area contributed by atoms with E-state index in [9.17, 15) is 4.39 Å². The van der Waals surface area contributed by atoms with Gasteiger partial charge in [-0.15, -0.1) is 0 Å². The minimum atomic E-state index is -0.163. The lowest BCUT2D eigenvalue weighted by Gasteiger charge is -2.19. The summed E-state index contributed by atoms with van der Waals surface area (Å²) in [6.45, 7) is 4.44. The van der Waals surface area contributed by atoms with E-state index in [1.807, 2.05) is 43.1 Å². The minimum Gasteiger partial charge on any atom is -0.355 e. The molecule has 0 saturated heterocycles. The molecule has 4 heteroatoms. The Labute approximate surface area is 121 Å². The van der Waals surface area contributed by atoms with Gasteiger partial charge in [0, 0.05) is 18.1 Å². The highest BCUT2D eigenvalue weighted by molar-refractivity contribution is 9.10. The van der Waals surface area contributed by atoms with Crippen molar-refractivity contribution in [2.45, 2.75) is 20.4 Å². The highest BCUT2D eigenvalue weighted by Crippen LogP contribution is 2.20. The zero-order chi connectivity index (χ0) is 14.0. The molecule has 0 aliphatic heterocycles. The van der Waals surface area contributed by atoms with Gasteiger partial charge in [0.15, 0.2) is 0 Å². The molecule has 0 radical (unpaired) electrons. The highest BCUT2D eigenvalue weighted by atomic mass is 79.9. The van der Waals surface area contributed by atoms with Crippen molar-refractivity contribution in [3.05, 3.63) is 57.4 Å². The Morgan fingerprint density at radius 1 is 1.21 bits per heavy atom. The van der Waals surface area contributed by atoms with E-state index in [-0.39, 0.29) is 5.82 Å². The molecule has 2 aromatic rings. The number of anilines is 1. The largest absolute Gasteiger partial charge is 0.355 e. The van der Waals surface area contributed by atoms with Crippen molar-refractivity contribution in [3.8, 4) is 0 Å². The lowest BCUT2D eigenvalue weighted by atomic mass is 10.1. The number of halogens is 2. The number of hydrogen-bond acceptors (Lipinski definition) is 2. The van der Waals surface area contributed by atoms with E-state index < -0.39 is 0 Å². The smallest absolute Gasteiger partial charge is 0.128 e. The third kappa shape index (κ3) is 3.32. The SMILES string of the molecule is Cc1cc(CN(C)c2ccc(Br)c(C)n2)ccc1F. The average molecular weight is 323 g/mol. The number of nitrogens with zero attached hydrogens (tertiary/aromatic N) is 2. The van der Waals surface area contributed by atoms with Crippen molar-refractivity contribution in [1.29, 1.82) is 0 Å². The van der Waals surface area contributed by atoms with E-state index in [1.54, 1.807) is 6.92 Å². The van der Waals surface area contributed by atoms with Crippen LogP contribution in [0.15, 0.2) is 34.8 Å². The van der Waals surface area contributed by atoms with Crippen molar-refractivity contribution in [2.75, 3.05) is 11.9 Å². The quantitative estimate of drug-likeness (QED) is 0.840.